The molecule has 0 spiro atoms. The van der Waals surface area contributed by atoms with E-state index >= 15 is 0 Å². The quantitative estimate of drug-likeness (QED) is 0.502. The second-order valence-electron chi connectivity index (χ2n) is 10.3. The molecule has 1 saturated heterocycles. The van der Waals surface area contributed by atoms with E-state index in [1.54, 1.807) is 12.3 Å². The number of rotatable bonds is 3. The zero-order valence-electron chi connectivity index (χ0n) is 20.3. The van der Waals surface area contributed by atoms with Crippen molar-refractivity contribution in [2.75, 3.05) is 13.1 Å². The highest BCUT2D eigenvalue weighted by Gasteiger charge is 2.25. The Morgan fingerprint density at radius 2 is 1.76 bits per heavy atom. The van der Waals surface area contributed by atoms with Gasteiger partial charge in [-0.3, -0.25) is 14.8 Å². The molecule has 0 aliphatic carbocycles. The topological polar surface area (TPSA) is 66.3 Å². The van der Waals surface area contributed by atoms with Crippen LogP contribution in [0, 0.1) is 5.92 Å². The second-order valence-corrected chi connectivity index (χ2v) is 10.7. The van der Waals surface area contributed by atoms with Gasteiger partial charge in [-0.15, -0.1) is 0 Å². The third-order valence-corrected chi connectivity index (χ3v) is 6.93. The molecule has 1 aliphatic rings. The maximum Gasteiger partial charge on any atom is 0.253 e. The summed E-state index contributed by atoms with van der Waals surface area (Å²) in [5.41, 5.74) is 5.29. The number of pyridine rings is 2. The average molecular weight is 478 g/mol. The fraction of sp³-hybridized carbons (Fsp3) is 0.393. The van der Waals surface area contributed by atoms with E-state index in [4.69, 9.17) is 11.6 Å². The molecule has 178 valence electrons. The van der Waals surface area contributed by atoms with E-state index in [0.717, 1.165) is 34.4 Å². The lowest BCUT2D eigenvalue weighted by Gasteiger charge is -2.21. The Bertz CT molecular complexity index is 1180. The molecule has 1 N–H and O–H groups in total. The Hall–Kier alpha value is -2.76. The van der Waals surface area contributed by atoms with Crippen LogP contribution in [0.1, 0.15) is 56.6 Å². The lowest BCUT2D eigenvalue weighted by Crippen LogP contribution is -2.32. The van der Waals surface area contributed by atoms with Crippen molar-refractivity contribution in [3.63, 3.8) is 0 Å². The minimum atomic E-state index is -0.358. The van der Waals surface area contributed by atoms with Crippen LogP contribution in [-0.2, 0) is 5.41 Å². The van der Waals surface area contributed by atoms with Gasteiger partial charge in [0.15, 0.2) is 0 Å². The average Bonchev–Trinajstić information content (AvgIpc) is 2.99. The molecule has 2 aromatic heterocycles. The van der Waals surface area contributed by atoms with E-state index in [0.29, 0.717) is 30.1 Å². The van der Waals surface area contributed by atoms with Gasteiger partial charge in [0.25, 0.3) is 5.91 Å². The maximum absolute atomic E-state index is 13.1. The molecule has 1 amide bonds. The van der Waals surface area contributed by atoms with Gasteiger partial charge in [0.05, 0.1) is 6.10 Å². The first-order valence-corrected chi connectivity index (χ1v) is 12.2. The predicted molar refractivity (Wildman–Crippen MR) is 137 cm³/mol. The molecular weight excluding hydrogens is 446 g/mol. The first kappa shape index (κ1) is 24.4. The van der Waals surface area contributed by atoms with Crippen molar-refractivity contribution >= 4 is 17.5 Å². The Balaban J connectivity index is 1.59. The van der Waals surface area contributed by atoms with Gasteiger partial charge in [-0.2, -0.15) is 0 Å². The molecular formula is C28H32ClN3O2. The molecule has 1 aromatic carbocycles. The maximum atomic E-state index is 13.1. The van der Waals surface area contributed by atoms with Gasteiger partial charge < -0.3 is 10.0 Å². The Kier molecular flexibility index (Phi) is 7.06. The van der Waals surface area contributed by atoms with E-state index < -0.39 is 0 Å². The van der Waals surface area contributed by atoms with Crippen molar-refractivity contribution in [1.82, 2.24) is 14.9 Å². The van der Waals surface area contributed by atoms with Crippen LogP contribution in [0.5, 0.6) is 0 Å². The number of aromatic nitrogens is 2. The number of benzene rings is 1. The van der Waals surface area contributed by atoms with Gasteiger partial charge >= 0.3 is 0 Å². The van der Waals surface area contributed by atoms with Gasteiger partial charge in [0.2, 0.25) is 0 Å². The molecule has 6 heteroatoms. The minimum Gasteiger partial charge on any atom is -0.393 e. The highest BCUT2D eigenvalue weighted by Crippen LogP contribution is 2.32. The number of carbonyl (C=O) groups excluding carboxylic acids is 1. The number of carbonyl (C=O) groups is 1. The summed E-state index contributed by atoms with van der Waals surface area (Å²) in [7, 11) is 0. The molecule has 2 atom stereocenters. The number of aliphatic hydroxyl groups is 1. The van der Waals surface area contributed by atoms with Gasteiger partial charge in [-0.1, -0.05) is 45.4 Å². The van der Waals surface area contributed by atoms with Crippen LogP contribution in [0.15, 0.2) is 55.0 Å². The SMILES string of the molecule is CC1CCN(C(=O)c2ccc(-c3cncc(-c4ccnc(C(C)(C)C)c4)c3)c(Cl)c2)CCC1O. The highest BCUT2D eigenvalue weighted by atomic mass is 35.5. The Morgan fingerprint density at radius 1 is 1.03 bits per heavy atom. The number of aliphatic hydroxyl groups excluding tert-OH is 1. The highest BCUT2D eigenvalue weighted by molar-refractivity contribution is 6.33. The van der Waals surface area contributed by atoms with E-state index in [9.17, 15) is 9.90 Å². The molecule has 1 fully saturated rings. The van der Waals surface area contributed by atoms with Crippen LogP contribution >= 0.6 is 11.6 Å². The van der Waals surface area contributed by atoms with Crippen molar-refractivity contribution in [2.24, 2.45) is 5.92 Å². The molecule has 5 nitrogen and oxygen atoms in total. The molecule has 2 unspecified atom stereocenters. The molecule has 1 aliphatic heterocycles. The van der Waals surface area contributed by atoms with Crippen molar-refractivity contribution in [1.29, 1.82) is 0 Å². The number of hydrogen-bond acceptors (Lipinski definition) is 4. The van der Waals surface area contributed by atoms with Crippen LogP contribution in [0.4, 0.5) is 0 Å². The number of likely N-dealkylation sites (tertiary alicyclic amines) is 1. The smallest absolute Gasteiger partial charge is 0.253 e. The van der Waals surface area contributed by atoms with Crippen molar-refractivity contribution in [3.05, 3.63) is 71.3 Å². The van der Waals surface area contributed by atoms with E-state index in [-0.39, 0.29) is 23.3 Å². The van der Waals surface area contributed by atoms with Crippen LogP contribution in [0.3, 0.4) is 0 Å². The van der Waals surface area contributed by atoms with Crippen LogP contribution in [-0.4, -0.2) is 45.1 Å². The van der Waals surface area contributed by atoms with Crippen molar-refractivity contribution < 1.29 is 9.90 Å². The van der Waals surface area contributed by atoms with Crippen LogP contribution < -0.4 is 0 Å². The minimum absolute atomic E-state index is 0.0454. The van der Waals surface area contributed by atoms with Gasteiger partial charge in [0.1, 0.15) is 0 Å². The standard InChI is InChI=1S/C28H32ClN3O2/c1-18-8-11-32(12-9-25(18)33)27(34)20-5-6-23(24(29)14-20)22-13-21(16-30-17-22)19-7-10-31-26(15-19)28(2,3)4/h5-7,10,13-18,25,33H,8-9,11-12H2,1-4H3. The van der Waals surface area contributed by atoms with E-state index in [1.807, 2.05) is 42.4 Å². The molecule has 0 bridgehead atoms. The molecule has 4 rings (SSSR count). The van der Waals surface area contributed by atoms with Crippen molar-refractivity contribution in [2.45, 2.75) is 52.1 Å². The summed E-state index contributed by atoms with van der Waals surface area (Å²) in [5, 5.41) is 10.6. The zero-order valence-corrected chi connectivity index (χ0v) is 21.0. The van der Waals surface area contributed by atoms with Gasteiger partial charge in [0, 0.05) is 70.1 Å². The second kappa shape index (κ2) is 9.85. The molecule has 3 heterocycles. The number of amides is 1. The van der Waals surface area contributed by atoms with Crippen LogP contribution in [0.2, 0.25) is 5.02 Å². The van der Waals surface area contributed by atoms with E-state index in [2.05, 4.69) is 42.9 Å². The summed E-state index contributed by atoms with van der Waals surface area (Å²) in [6.45, 7) is 9.66. The lowest BCUT2D eigenvalue weighted by atomic mass is 9.90. The summed E-state index contributed by atoms with van der Waals surface area (Å²) in [6, 6.07) is 11.6. The Morgan fingerprint density at radius 3 is 2.50 bits per heavy atom. The zero-order chi connectivity index (χ0) is 24.5. The first-order chi connectivity index (χ1) is 16.1. The third kappa shape index (κ3) is 5.31. The van der Waals surface area contributed by atoms with Crippen LogP contribution in [0.25, 0.3) is 22.3 Å². The number of hydrogen-bond donors (Lipinski definition) is 1. The monoisotopic (exact) mass is 477 g/mol. The third-order valence-electron chi connectivity index (χ3n) is 6.62. The molecule has 0 radical (unpaired) electrons. The molecule has 34 heavy (non-hydrogen) atoms. The predicted octanol–water partition coefficient (Wildman–Crippen LogP) is 5.99. The Labute approximate surface area is 206 Å². The molecule has 3 aromatic rings. The fourth-order valence-electron chi connectivity index (χ4n) is 4.27. The first-order valence-electron chi connectivity index (χ1n) is 11.8. The van der Waals surface area contributed by atoms with E-state index in [1.165, 1.54) is 0 Å². The van der Waals surface area contributed by atoms with Crippen molar-refractivity contribution in [3.8, 4) is 22.3 Å². The van der Waals surface area contributed by atoms with Gasteiger partial charge in [-0.05, 0) is 54.7 Å². The summed E-state index contributed by atoms with van der Waals surface area (Å²) in [5.74, 6) is 0.150. The number of nitrogens with zero attached hydrogens (tertiary/aromatic N) is 3. The summed E-state index contributed by atoms with van der Waals surface area (Å²) < 4.78 is 0. The summed E-state index contributed by atoms with van der Waals surface area (Å²) in [6.07, 6.45) is 6.50. The lowest BCUT2D eigenvalue weighted by molar-refractivity contribution is 0.0752. The van der Waals surface area contributed by atoms with Gasteiger partial charge in [-0.25, -0.2) is 0 Å². The fourth-order valence-corrected chi connectivity index (χ4v) is 4.56. The molecule has 0 saturated carbocycles. The number of halogens is 1. The summed E-state index contributed by atoms with van der Waals surface area (Å²) >= 11 is 6.66. The largest absolute Gasteiger partial charge is 0.393 e. The normalized spacial score (nSPS) is 19.1. The summed E-state index contributed by atoms with van der Waals surface area (Å²) in [4.78, 5) is 23.9.